The molecule has 2 aromatic rings. The Morgan fingerprint density at radius 3 is 2.68 bits per heavy atom. The van der Waals surface area contributed by atoms with Gasteiger partial charge in [0, 0.05) is 25.8 Å². The number of aromatic nitrogens is 2. The normalized spacial score (nSPS) is 15.5. The van der Waals surface area contributed by atoms with Crippen molar-refractivity contribution in [2.75, 3.05) is 39.0 Å². The van der Waals surface area contributed by atoms with E-state index in [1.54, 1.807) is 31.0 Å². The van der Waals surface area contributed by atoms with Gasteiger partial charge in [-0.2, -0.15) is 0 Å². The number of carbonyl (C=O) groups excluding carboxylic acids is 1. The number of hydrogen-bond acceptors (Lipinski definition) is 5. The van der Waals surface area contributed by atoms with Crippen LogP contribution in [0.5, 0.6) is 0 Å². The van der Waals surface area contributed by atoms with Crippen LogP contribution in [0.4, 0.5) is 10.3 Å². The second kappa shape index (κ2) is 9.10. The van der Waals surface area contributed by atoms with Crippen molar-refractivity contribution in [1.82, 2.24) is 19.8 Å². The molecule has 1 aromatic carbocycles. The minimum absolute atomic E-state index is 0.125. The average molecular weight is 385 g/mol. The van der Waals surface area contributed by atoms with E-state index in [1.807, 2.05) is 12.1 Å². The van der Waals surface area contributed by atoms with Gasteiger partial charge in [0.05, 0.1) is 0 Å². The minimum atomic E-state index is -0.127. The maximum atomic E-state index is 13.7. The molecule has 0 saturated carbocycles. The first-order chi connectivity index (χ1) is 13.4. The maximum Gasteiger partial charge on any atom is 0.272 e. The number of amides is 1. The molecule has 7 heteroatoms. The standard InChI is InChI=1S/C21H28FN5O/c1-15-13-19(25-21(23)24-15)20(28)26(2)14-16-7-10-27(11-8-16)12-9-17-5-3-4-6-18(17)22/h3-6,13,16H,7-12,14H2,1-2H3,(H2,23,24,25). The van der Waals surface area contributed by atoms with Gasteiger partial charge >= 0.3 is 0 Å². The predicted molar refractivity (Wildman–Crippen MR) is 107 cm³/mol. The third-order valence-corrected chi connectivity index (χ3v) is 5.33. The molecule has 0 aliphatic carbocycles. The summed E-state index contributed by atoms with van der Waals surface area (Å²) < 4.78 is 13.7. The molecule has 2 heterocycles. The summed E-state index contributed by atoms with van der Waals surface area (Å²) in [7, 11) is 1.81. The van der Waals surface area contributed by atoms with Crippen LogP contribution in [0.25, 0.3) is 0 Å². The van der Waals surface area contributed by atoms with Crippen molar-refractivity contribution in [1.29, 1.82) is 0 Å². The van der Waals surface area contributed by atoms with Crippen LogP contribution in [0, 0.1) is 18.7 Å². The number of halogens is 1. The number of benzene rings is 1. The number of rotatable bonds is 6. The summed E-state index contributed by atoms with van der Waals surface area (Å²) in [5.74, 6) is 0.330. The fraction of sp³-hybridized carbons (Fsp3) is 0.476. The molecule has 28 heavy (non-hydrogen) atoms. The van der Waals surface area contributed by atoms with E-state index in [0.717, 1.165) is 44.5 Å². The van der Waals surface area contributed by atoms with Crippen molar-refractivity contribution in [2.45, 2.75) is 26.2 Å². The Morgan fingerprint density at radius 2 is 2.00 bits per heavy atom. The quantitative estimate of drug-likeness (QED) is 0.827. The van der Waals surface area contributed by atoms with Crippen molar-refractivity contribution in [3.63, 3.8) is 0 Å². The molecule has 1 aromatic heterocycles. The molecule has 1 aliphatic heterocycles. The molecule has 6 nitrogen and oxygen atoms in total. The van der Waals surface area contributed by atoms with Gasteiger partial charge in [-0.3, -0.25) is 4.79 Å². The zero-order chi connectivity index (χ0) is 20.1. The van der Waals surface area contributed by atoms with E-state index < -0.39 is 0 Å². The fourth-order valence-corrected chi connectivity index (χ4v) is 3.74. The number of hydrogen-bond donors (Lipinski definition) is 1. The molecular formula is C21H28FN5O. The molecule has 0 atom stereocenters. The summed E-state index contributed by atoms with van der Waals surface area (Å²) in [6, 6.07) is 8.63. The first-order valence-electron chi connectivity index (χ1n) is 9.74. The Hall–Kier alpha value is -2.54. The topological polar surface area (TPSA) is 75.4 Å². The van der Waals surface area contributed by atoms with E-state index in [1.165, 1.54) is 6.07 Å². The van der Waals surface area contributed by atoms with Gasteiger partial charge < -0.3 is 15.5 Å². The highest BCUT2D eigenvalue weighted by atomic mass is 19.1. The molecule has 150 valence electrons. The van der Waals surface area contributed by atoms with E-state index >= 15 is 0 Å². The SMILES string of the molecule is Cc1cc(C(=O)N(C)CC2CCN(CCc3ccccc3F)CC2)nc(N)n1. The highest BCUT2D eigenvalue weighted by Gasteiger charge is 2.23. The van der Waals surface area contributed by atoms with Crippen molar-refractivity contribution < 1.29 is 9.18 Å². The Kier molecular flexibility index (Phi) is 6.57. The van der Waals surface area contributed by atoms with Crippen LogP contribution in [0.15, 0.2) is 30.3 Å². The Balaban J connectivity index is 1.46. The summed E-state index contributed by atoms with van der Waals surface area (Å²) in [5, 5.41) is 0. The summed E-state index contributed by atoms with van der Waals surface area (Å²) in [4.78, 5) is 24.8. The smallest absolute Gasteiger partial charge is 0.272 e. The zero-order valence-corrected chi connectivity index (χ0v) is 16.6. The van der Waals surface area contributed by atoms with Gasteiger partial charge in [0.25, 0.3) is 5.91 Å². The number of carbonyl (C=O) groups is 1. The molecule has 0 bridgehead atoms. The monoisotopic (exact) mass is 385 g/mol. The van der Waals surface area contributed by atoms with Gasteiger partial charge in [-0.25, -0.2) is 14.4 Å². The maximum absolute atomic E-state index is 13.7. The molecule has 1 fully saturated rings. The number of nitrogen functional groups attached to an aromatic ring is 1. The lowest BCUT2D eigenvalue weighted by Gasteiger charge is -2.33. The summed E-state index contributed by atoms with van der Waals surface area (Å²) >= 11 is 0. The Labute approximate surface area is 165 Å². The van der Waals surface area contributed by atoms with Crippen LogP contribution in [-0.4, -0.2) is 58.9 Å². The molecule has 0 spiro atoms. The van der Waals surface area contributed by atoms with E-state index in [2.05, 4.69) is 14.9 Å². The van der Waals surface area contributed by atoms with Crippen LogP contribution in [0.1, 0.15) is 34.6 Å². The lowest BCUT2D eigenvalue weighted by Crippen LogP contribution is -2.40. The van der Waals surface area contributed by atoms with Crippen LogP contribution >= 0.6 is 0 Å². The van der Waals surface area contributed by atoms with Crippen molar-refractivity contribution in [3.8, 4) is 0 Å². The van der Waals surface area contributed by atoms with Gasteiger partial charge in [0.15, 0.2) is 0 Å². The van der Waals surface area contributed by atoms with Gasteiger partial charge in [-0.05, 0) is 62.9 Å². The molecule has 0 radical (unpaired) electrons. The van der Waals surface area contributed by atoms with Crippen LogP contribution in [-0.2, 0) is 6.42 Å². The summed E-state index contributed by atoms with van der Waals surface area (Å²) in [6.45, 7) is 5.30. The second-order valence-corrected chi connectivity index (χ2v) is 7.56. The minimum Gasteiger partial charge on any atom is -0.368 e. The lowest BCUT2D eigenvalue weighted by molar-refractivity contribution is 0.0734. The van der Waals surface area contributed by atoms with Gasteiger partial charge in [0.1, 0.15) is 11.5 Å². The number of likely N-dealkylation sites (tertiary alicyclic amines) is 1. The number of anilines is 1. The number of nitrogens with two attached hydrogens (primary N) is 1. The molecule has 2 N–H and O–H groups in total. The first kappa shape index (κ1) is 20.2. The zero-order valence-electron chi connectivity index (χ0n) is 16.6. The van der Waals surface area contributed by atoms with Crippen LogP contribution in [0.2, 0.25) is 0 Å². The predicted octanol–water partition coefficient (Wildman–Crippen LogP) is 2.53. The van der Waals surface area contributed by atoms with Crippen molar-refractivity contribution in [2.24, 2.45) is 5.92 Å². The van der Waals surface area contributed by atoms with Crippen molar-refractivity contribution in [3.05, 3.63) is 53.1 Å². The first-order valence-corrected chi connectivity index (χ1v) is 9.74. The van der Waals surface area contributed by atoms with E-state index in [-0.39, 0.29) is 17.7 Å². The molecule has 3 rings (SSSR count). The van der Waals surface area contributed by atoms with Gasteiger partial charge in [0.2, 0.25) is 5.95 Å². The highest BCUT2D eigenvalue weighted by molar-refractivity contribution is 5.92. The van der Waals surface area contributed by atoms with E-state index in [9.17, 15) is 9.18 Å². The average Bonchev–Trinajstić information content (AvgIpc) is 2.67. The number of piperidine rings is 1. The lowest BCUT2D eigenvalue weighted by atomic mass is 9.96. The molecule has 1 saturated heterocycles. The third-order valence-electron chi connectivity index (χ3n) is 5.33. The van der Waals surface area contributed by atoms with E-state index in [4.69, 9.17) is 5.73 Å². The number of aryl methyl sites for hydroxylation is 1. The number of nitrogens with zero attached hydrogens (tertiary/aromatic N) is 4. The van der Waals surface area contributed by atoms with Gasteiger partial charge in [-0.1, -0.05) is 18.2 Å². The van der Waals surface area contributed by atoms with Gasteiger partial charge in [-0.15, -0.1) is 0 Å². The molecular weight excluding hydrogens is 357 g/mol. The highest BCUT2D eigenvalue weighted by Crippen LogP contribution is 2.19. The Bertz CT molecular complexity index is 800. The molecule has 0 unspecified atom stereocenters. The van der Waals surface area contributed by atoms with Crippen molar-refractivity contribution >= 4 is 11.9 Å². The second-order valence-electron chi connectivity index (χ2n) is 7.56. The summed E-state index contributed by atoms with van der Waals surface area (Å²) in [6.07, 6.45) is 2.78. The summed E-state index contributed by atoms with van der Waals surface area (Å²) in [5.41, 5.74) is 7.46. The van der Waals surface area contributed by atoms with Crippen LogP contribution < -0.4 is 5.73 Å². The molecule has 1 amide bonds. The molecule has 1 aliphatic rings. The fourth-order valence-electron chi connectivity index (χ4n) is 3.74. The van der Waals surface area contributed by atoms with Crippen LogP contribution in [0.3, 0.4) is 0 Å². The third kappa shape index (κ3) is 5.25. The van der Waals surface area contributed by atoms with E-state index in [0.29, 0.717) is 23.9 Å². The largest absolute Gasteiger partial charge is 0.368 e. The Morgan fingerprint density at radius 1 is 1.29 bits per heavy atom.